The highest BCUT2D eigenvalue weighted by molar-refractivity contribution is 7.84. The average Bonchev–Trinajstić information content (AvgIpc) is 3.09. The van der Waals surface area contributed by atoms with E-state index in [0.29, 0.717) is 12.6 Å². The lowest BCUT2D eigenvalue weighted by Crippen LogP contribution is -2.32. The van der Waals surface area contributed by atoms with Crippen LogP contribution in [0.5, 0.6) is 5.75 Å². The number of rotatable bonds is 8. The van der Waals surface area contributed by atoms with Crippen LogP contribution >= 0.6 is 0 Å². The summed E-state index contributed by atoms with van der Waals surface area (Å²) in [6.45, 7) is 1.13. The van der Waals surface area contributed by atoms with Crippen LogP contribution in [0.2, 0.25) is 0 Å². The maximum absolute atomic E-state index is 15.2. The van der Waals surface area contributed by atoms with Gasteiger partial charge in [-0.15, -0.1) is 13.2 Å². The fourth-order valence-corrected chi connectivity index (χ4v) is 6.18. The van der Waals surface area contributed by atoms with Crippen molar-refractivity contribution in [2.24, 2.45) is 17.8 Å². The molecule has 0 spiro atoms. The average molecular weight is 652 g/mol. The zero-order valence-electron chi connectivity index (χ0n) is 22.8. The highest BCUT2D eigenvalue weighted by Gasteiger charge is 2.37. The van der Waals surface area contributed by atoms with Crippen molar-refractivity contribution in [1.29, 1.82) is 0 Å². The summed E-state index contributed by atoms with van der Waals surface area (Å²) in [5, 5.41) is 2.63. The molecule has 8 nitrogen and oxygen atoms in total. The van der Waals surface area contributed by atoms with Crippen molar-refractivity contribution in [2.75, 3.05) is 5.75 Å². The smallest absolute Gasteiger partial charge is 0.404 e. The molecule has 0 aromatic carbocycles. The maximum atomic E-state index is 15.2. The summed E-state index contributed by atoms with van der Waals surface area (Å²) in [5.74, 6) is -5.20. The zero-order valence-corrected chi connectivity index (χ0v) is 23.6. The summed E-state index contributed by atoms with van der Waals surface area (Å²) in [6.07, 6.45) is -7.80. The van der Waals surface area contributed by atoms with Gasteiger partial charge in [0.15, 0.2) is 5.75 Å². The quantitative estimate of drug-likeness (QED) is 0.242. The van der Waals surface area contributed by atoms with Crippen molar-refractivity contribution in [3.63, 3.8) is 0 Å². The summed E-state index contributed by atoms with van der Waals surface area (Å²) < 4.78 is 123. The Morgan fingerprint density at radius 1 is 1.02 bits per heavy atom. The molecule has 0 radical (unpaired) electrons. The summed E-state index contributed by atoms with van der Waals surface area (Å²) in [5.41, 5.74) is -0.336. The van der Waals surface area contributed by atoms with Gasteiger partial charge in [-0.25, -0.2) is 23.7 Å². The molecule has 0 aliphatic heterocycles. The number of nitrogens with zero attached hydrogens (tertiary/aromatic N) is 4. The Labute approximate surface area is 248 Å². The standard InChI is InChI=1S/C27H25F8N5O3S/c1-14-16(13-44(42)23-5-4-19(28)11-37-23)3-2-15(6-20(14)29)24(41)38-8-17-7-21(36-12-22(17)43-27(33,34)35)18-9-39-25(40-10-18)26(30,31)32/h4-5,7,9-12,14-16,20H,2-3,6,8,13H2,1H3,(H,38,41)/t14-,15+,16?,20-,44?/m1/s1. The number of hydrogen-bond acceptors (Lipinski definition) is 7. The molecular formula is C27H25F8N5O3S. The van der Waals surface area contributed by atoms with E-state index < -0.39 is 77.1 Å². The first-order valence-electron chi connectivity index (χ1n) is 13.2. The number of halogens is 8. The highest BCUT2D eigenvalue weighted by Crippen LogP contribution is 2.36. The van der Waals surface area contributed by atoms with E-state index in [9.17, 15) is 39.7 Å². The maximum Gasteiger partial charge on any atom is 0.573 e. The van der Waals surface area contributed by atoms with Gasteiger partial charge < -0.3 is 10.1 Å². The van der Waals surface area contributed by atoms with E-state index in [1.807, 2.05) is 0 Å². The van der Waals surface area contributed by atoms with Crippen molar-refractivity contribution in [3.8, 4) is 17.0 Å². The van der Waals surface area contributed by atoms with Gasteiger partial charge in [0.05, 0.1) is 28.9 Å². The second-order valence-corrected chi connectivity index (χ2v) is 11.7. The molecule has 5 atom stereocenters. The second-order valence-electron chi connectivity index (χ2n) is 10.2. The van der Waals surface area contributed by atoms with Gasteiger partial charge >= 0.3 is 12.5 Å². The van der Waals surface area contributed by atoms with Gasteiger partial charge in [-0.2, -0.15) is 13.2 Å². The van der Waals surface area contributed by atoms with Crippen molar-refractivity contribution < 1.29 is 48.9 Å². The number of amides is 1. The Bertz CT molecular complexity index is 1470. The normalized spacial score (nSPS) is 21.8. The minimum atomic E-state index is -5.11. The number of hydrogen-bond donors (Lipinski definition) is 1. The van der Waals surface area contributed by atoms with E-state index in [4.69, 9.17) is 0 Å². The van der Waals surface area contributed by atoms with Gasteiger partial charge in [-0.1, -0.05) is 6.92 Å². The lowest BCUT2D eigenvalue weighted by atomic mass is 9.90. The fourth-order valence-electron chi connectivity index (χ4n) is 4.76. The number of carbonyl (C=O) groups is 1. The zero-order chi connectivity index (χ0) is 32.2. The Hall–Kier alpha value is -3.76. The van der Waals surface area contributed by atoms with Crippen LogP contribution in [0.25, 0.3) is 11.3 Å². The van der Waals surface area contributed by atoms with Crippen LogP contribution in [0, 0.1) is 23.6 Å². The second kappa shape index (κ2) is 13.5. The van der Waals surface area contributed by atoms with Gasteiger partial charge in [-0.05, 0) is 49.3 Å². The minimum absolute atomic E-state index is 0.0403. The molecule has 1 aliphatic rings. The third-order valence-electron chi connectivity index (χ3n) is 7.21. The van der Waals surface area contributed by atoms with Crippen LogP contribution < -0.4 is 10.1 Å². The minimum Gasteiger partial charge on any atom is -0.404 e. The molecule has 3 aromatic heterocycles. The molecule has 3 aromatic rings. The SMILES string of the molecule is C[C@@H]1C(CS(=O)c2ccc(F)cn2)CC[C@H](C(=O)NCc2cc(-c3cnc(C(F)(F)F)nc3)ncc2OC(F)(F)F)C[C@H]1F. The number of aromatic nitrogens is 4. The number of carbonyl (C=O) groups excluding carboxylic acids is 1. The molecule has 0 bridgehead atoms. The Balaban J connectivity index is 1.46. The van der Waals surface area contributed by atoms with E-state index in [1.165, 1.54) is 6.07 Å². The van der Waals surface area contributed by atoms with Gasteiger partial charge in [0.1, 0.15) is 17.0 Å². The molecule has 4 rings (SSSR count). The van der Waals surface area contributed by atoms with Crippen molar-refractivity contribution >= 4 is 16.7 Å². The van der Waals surface area contributed by atoms with Crippen LogP contribution in [0.1, 0.15) is 37.6 Å². The predicted molar refractivity (Wildman–Crippen MR) is 139 cm³/mol. The summed E-state index contributed by atoms with van der Waals surface area (Å²) in [6, 6.07) is 3.47. The van der Waals surface area contributed by atoms with Gasteiger partial charge in [0, 0.05) is 41.7 Å². The van der Waals surface area contributed by atoms with E-state index >= 15 is 4.39 Å². The van der Waals surface area contributed by atoms with Crippen molar-refractivity contribution in [3.05, 3.63) is 60.2 Å². The van der Waals surface area contributed by atoms with E-state index in [1.54, 1.807) is 6.92 Å². The molecule has 238 valence electrons. The van der Waals surface area contributed by atoms with Crippen LogP contribution in [0.15, 0.2) is 48.0 Å². The highest BCUT2D eigenvalue weighted by atomic mass is 32.2. The van der Waals surface area contributed by atoms with E-state index in [2.05, 4.69) is 30.0 Å². The molecule has 1 amide bonds. The topological polar surface area (TPSA) is 107 Å². The largest absolute Gasteiger partial charge is 0.573 e. The number of nitrogens with one attached hydrogen (secondary N) is 1. The van der Waals surface area contributed by atoms with Gasteiger partial charge in [0.25, 0.3) is 0 Å². The monoisotopic (exact) mass is 651 g/mol. The molecule has 1 aliphatic carbocycles. The lowest BCUT2D eigenvalue weighted by Gasteiger charge is -2.23. The number of alkyl halides is 7. The molecule has 1 saturated carbocycles. The summed E-state index contributed by atoms with van der Waals surface area (Å²) >= 11 is 0. The molecular weight excluding hydrogens is 626 g/mol. The molecule has 17 heteroatoms. The van der Waals surface area contributed by atoms with Crippen LogP contribution in [0.3, 0.4) is 0 Å². The van der Waals surface area contributed by atoms with Crippen LogP contribution in [-0.2, 0) is 28.3 Å². The summed E-state index contributed by atoms with van der Waals surface area (Å²) in [7, 11) is -1.64. The van der Waals surface area contributed by atoms with E-state index in [0.717, 1.165) is 30.7 Å². The van der Waals surface area contributed by atoms with Gasteiger partial charge in [0.2, 0.25) is 11.7 Å². The lowest BCUT2D eigenvalue weighted by molar-refractivity contribution is -0.275. The number of ether oxygens (including phenoxy) is 1. The first-order valence-corrected chi connectivity index (χ1v) is 14.5. The fraction of sp³-hybridized carbons (Fsp3) is 0.444. The van der Waals surface area contributed by atoms with Crippen LogP contribution in [0.4, 0.5) is 35.1 Å². The third kappa shape index (κ3) is 8.66. The predicted octanol–water partition coefficient (Wildman–Crippen LogP) is 5.80. The van der Waals surface area contributed by atoms with Gasteiger partial charge in [-0.3, -0.25) is 14.0 Å². The Kier molecular flexibility index (Phi) is 10.2. The van der Waals surface area contributed by atoms with Crippen LogP contribution in [-0.4, -0.2) is 48.3 Å². The van der Waals surface area contributed by atoms with E-state index in [-0.39, 0.29) is 40.4 Å². The molecule has 1 N–H and O–H groups in total. The third-order valence-corrected chi connectivity index (χ3v) is 8.65. The molecule has 1 fully saturated rings. The van der Waals surface area contributed by atoms with Crippen molar-refractivity contribution in [2.45, 2.75) is 56.5 Å². The Morgan fingerprint density at radius 3 is 2.34 bits per heavy atom. The van der Waals surface area contributed by atoms with Crippen molar-refractivity contribution in [1.82, 2.24) is 25.3 Å². The molecule has 44 heavy (non-hydrogen) atoms. The Morgan fingerprint density at radius 2 is 1.73 bits per heavy atom. The first kappa shape index (κ1) is 33.1. The number of pyridine rings is 2. The molecule has 3 heterocycles. The first-order chi connectivity index (χ1) is 20.6. The molecule has 0 saturated heterocycles. The summed E-state index contributed by atoms with van der Waals surface area (Å²) in [4.78, 5) is 27.1. The molecule has 2 unspecified atom stereocenters.